The van der Waals surface area contributed by atoms with Crippen LogP contribution in [0.1, 0.15) is 38.3 Å². The summed E-state index contributed by atoms with van der Waals surface area (Å²) in [7, 11) is 0. The summed E-state index contributed by atoms with van der Waals surface area (Å²) in [5.41, 5.74) is 1.42. The largest absolute Gasteiger partial charge is 0.463 e. The summed E-state index contributed by atoms with van der Waals surface area (Å²) in [5, 5.41) is 5.23. The quantitative estimate of drug-likeness (QED) is 0.133. The van der Waals surface area contributed by atoms with Crippen molar-refractivity contribution in [3.05, 3.63) is 71.8 Å². The molecular formula is C31H35IN2O11. The SMILES string of the molecule is CC(=O)OC[C@H]1O[C@@H](NC(=O)CC(NC(=O)Cc2ccccc2)C(=O)OCc2ccccc2)[C@@H](I)[C@@H](OC(C)=O)[C@@H]1OC(C)=O. The minimum absolute atomic E-state index is 0.0358. The van der Waals surface area contributed by atoms with Gasteiger partial charge in [0, 0.05) is 20.8 Å². The third-order valence-electron chi connectivity index (χ3n) is 6.41. The number of amides is 2. The summed E-state index contributed by atoms with van der Waals surface area (Å²) in [5.74, 6) is -4.04. The van der Waals surface area contributed by atoms with E-state index in [1.54, 1.807) is 54.6 Å². The third-order valence-corrected chi connectivity index (χ3v) is 7.78. The maximum absolute atomic E-state index is 13.3. The number of ether oxygens (including phenoxy) is 5. The van der Waals surface area contributed by atoms with Crippen LogP contribution in [0.3, 0.4) is 0 Å². The molecule has 1 fully saturated rings. The Labute approximate surface area is 273 Å². The number of carbonyl (C=O) groups excluding carboxylic acids is 6. The Balaban J connectivity index is 1.77. The van der Waals surface area contributed by atoms with E-state index >= 15 is 0 Å². The molecule has 1 aliphatic heterocycles. The fourth-order valence-electron chi connectivity index (χ4n) is 4.46. The van der Waals surface area contributed by atoms with E-state index in [0.717, 1.165) is 6.92 Å². The summed E-state index contributed by atoms with van der Waals surface area (Å²) >= 11 is 1.88. The first-order valence-corrected chi connectivity index (χ1v) is 15.3. The standard InChI is InChI=1S/C31H35IN2O11/c1-18(35)41-17-24-28(43-19(2)36)29(44-20(3)37)27(32)30(45-24)34-26(39)15-23(31(40)42-16-22-12-8-5-9-13-22)33-25(38)14-21-10-6-4-7-11-21/h4-13,23-24,27-30H,14-17H2,1-3H3,(H,33,38)(H,34,39)/t23?,24-,27+,28-,29-,30-/m1/s1. The van der Waals surface area contributed by atoms with Crippen molar-refractivity contribution in [3.8, 4) is 0 Å². The van der Waals surface area contributed by atoms with E-state index in [-0.39, 0.29) is 19.6 Å². The minimum Gasteiger partial charge on any atom is -0.463 e. The molecule has 0 aromatic heterocycles. The average molecular weight is 739 g/mol. The number of carbonyl (C=O) groups is 6. The maximum atomic E-state index is 13.3. The average Bonchev–Trinajstić information content (AvgIpc) is 2.98. The summed E-state index contributed by atoms with van der Waals surface area (Å²) in [4.78, 5) is 74.6. The molecule has 6 atom stereocenters. The number of rotatable bonds is 13. The lowest BCUT2D eigenvalue weighted by Crippen LogP contribution is -2.63. The Hall–Kier alpha value is -4.05. The lowest BCUT2D eigenvalue weighted by molar-refractivity contribution is -0.214. The topological polar surface area (TPSA) is 173 Å². The predicted octanol–water partition coefficient (Wildman–Crippen LogP) is 1.92. The van der Waals surface area contributed by atoms with E-state index in [0.29, 0.717) is 11.1 Å². The zero-order valence-electron chi connectivity index (χ0n) is 24.9. The van der Waals surface area contributed by atoms with Crippen molar-refractivity contribution in [1.82, 2.24) is 10.6 Å². The first kappa shape index (κ1) is 35.4. The molecule has 45 heavy (non-hydrogen) atoms. The van der Waals surface area contributed by atoms with Crippen molar-refractivity contribution in [2.75, 3.05) is 6.61 Å². The predicted molar refractivity (Wildman–Crippen MR) is 165 cm³/mol. The Morgan fingerprint density at radius 3 is 1.93 bits per heavy atom. The van der Waals surface area contributed by atoms with Crippen LogP contribution in [-0.2, 0) is 65.5 Å². The van der Waals surface area contributed by atoms with Gasteiger partial charge in [0.05, 0.1) is 16.8 Å². The molecule has 13 nitrogen and oxygen atoms in total. The highest BCUT2D eigenvalue weighted by Crippen LogP contribution is 2.31. The Morgan fingerprint density at radius 2 is 1.36 bits per heavy atom. The van der Waals surface area contributed by atoms with Crippen LogP contribution >= 0.6 is 22.6 Å². The van der Waals surface area contributed by atoms with Gasteiger partial charge in [0.25, 0.3) is 0 Å². The van der Waals surface area contributed by atoms with Gasteiger partial charge >= 0.3 is 23.9 Å². The van der Waals surface area contributed by atoms with Gasteiger partial charge < -0.3 is 34.3 Å². The number of halogens is 1. The second kappa shape index (κ2) is 17.4. The van der Waals surface area contributed by atoms with E-state index in [4.69, 9.17) is 23.7 Å². The highest BCUT2D eigenvalue weighted by molar-refractivity contribution is 14.1. The monoisotopic (exact) mass is 738 g/mol. The van der Waals surface area contributed by atoms with Gasteiger partial charge in [0.1, 0.15) is 31.6 Å². The first-order chi connectivity index (χ1) is 21.4. The molecule has 0 bridgehead atoms. The summed E-state index contributed by atoms with van der Waals surface area (Å²) in [6.45, 7) is 3.06. The van der Waals surface area contributed by atoms with Crippen molar-refractivity contribution in [1.29, 1.82) is 0 Å². The lowest BCUT2D eigenvalue weighted by Gasteiger charge is -2.43. The smallest absolute Gasteiger partial charge is 0.329 e. The molecule has 3 rings (SSSR count). The van der Waals surface area contributed by atoms with E-state index in [1.807, 2.05) is 28.7 Å². The van der Waals surface area contributed by atoms with Crippen LogP contribution in [0.4, 0.5) is 0 Å². The zero-order valence-corrected chi connectivity index (χ0v) is 27.1. The van der Waals surface area contributed by atoms with Crippen molar-refractivity contribution < 1.29 is 52.5 Å². The molecule has 2 N–H and O–H groups in total. The molecule has 0 radical (unpaired) electrons. The molecule has 2 aromatic rings. The van der Waals surface area contributed by atoms with Gasteiger partial charge in [0.15, 0.2) is 12.2 Å². The number of hydrogen-bond donors (Lipinski definition) is 2. The highest BCUT2D eigenvalue weighted by Gasteiger charge is 2.50. The van der Waals surface area contributed by atoms with E-state index in [1.165, 1.54) is 13.8 Å². The van der Waals surface area contributed by atoms with Gasteiger partial charge in [-0.1, -0.05) is 83.3 Å². The van der Waals surface area contributed by atoms with Crippen LogP contribution in [0, 0.1) is 0 Å². The van der Waals surface area contributed by atoms with Gasteiger partial charge in [-0.25, -0.2) is 4.79 Å². The second-order valence-electron chi connectivity index (χ2n) is 10.1. The van der Waals surface area contributed by atoms with E-state index < -0.39 is 76.6 Å². The third kappa shape index (κ3) is 11.8. The van der Waals surface area contributed by atoms with Crippen LogP contribution in [0.2, 0.25) is 0 Å². The molecule has 2 amide bonds. The van der Waals surface area contributed by atoms with Crippen LogP contribution in [-0.4, -0.2) is 76.8 Å². The molecule has 0 saturated carbocycles. The Kier molecular flexibility index (Phi) is 13.7. The van der Waals surface area contributed by atoms with E-state index in [9.17, 15) is 28.8 Å². The number of benzene rings is 2. The number of alkyl halides is 1. The van der Waals surface area contributed by atoms with Gasteiger partial charge in [-0.3, -0.25) is 24.0 Å². The Bertz CT molecular complexity index is 1340. The summed E-state index contributed by atoms with van der Waals surface area (Å²) in [6, 6.07) is 16.4. The van der Waals surface area contributed by atoms with Crippen LogP contribution < -0.4 is 10.6 Å². The molecule has 1 heterocycles. The fourth-order valence-corrected chi connectivity index (χ4v) is 5.37. The summed E-state index contributed by atoms with van der Waals surface area (Å²) in [6.07, 6.45) is -5.06. The fraction of sp³-hybridized carbons (Fsp3) is 0.419. The number of hydrogen-bond acceptors (Lipinski definition) is 11. The van der Waals surface area contributed by atoms with Crippen LogP contribution in [0.25, 0.3) is 0 Å². The van der Waals surface area contributed by atoms with E-state index in [2.05, 4.69) is 10.6 Å². The van der Waals surface area contributed by atoms with Crippen molar-refractivity contribution in [3.63, 3.8) is 0 Å². The summed E-state index contributed by atoms with van der Waals surface area (Å²) < 4.78 is 26.5. The van der Waals surface area contributed by atoms with Gasteiger partial charge in [-0.2, -0.15) is 0 Å². The number of esters is 4. The zero-order chi connectivity index (χ0) is 32.9. The molecule has 14 heteroatoms. The molecule has 0 spiro atoms. The van der Waals surface area contributed by atoms with Crippen molar-refractivity contribution in [2.45, 2.75) is 74.7 Å². The van der Waals surface area contributed by atoms with Gasteiger partial charge in [0.2, 0.25) is 11.8 Å². The minimum atomic E-state index is -1.35. The first-order valence-electron chi connectivity index (χ1n) is 14.0. The molecule has 1 saturated heterocycles. The second-order valence-corrected chi connectivity index (χ2v) is 11.6. The molecule has 2 aromatic carbocycles. The Morgan fingerprint density at radius 1 is 0.778 bits per heavy atom. The molecule has 1 unspecified atom stereocenters. The van der Waals surface area contributed by atoms with Gasteiger partial charge in [-0.15, -0.1) is 0 Å². The van der Waals surface area contributed by atoms with Gasteiger partial charge in [-0.05, 0) is 11.1 Å². The molecule has 1 aliphatic rings. The van der Waals surface area contributed by atoms with Crippen molar-refractivity contribution >= 4 is 58.3 Å². The van der Waals surface area contributed by atoms with Crippen molar-refractivity contribution in [2.24, 2.45) is 0 Å². The normalized spacial score (nSPS) is 21.4. The highest BCUT2D eigenvalue weighted by atomic mass is 127. The molecule has 242 valence electrons. The molecular weight excluding hydrogens is 703 g/mol. The maximum Gasteiger partial charge on any atom is 0.329 e. The van der Waals surface area contributed by atoms with Crippen LogP contribution in [0.5, 0.6) is 0 Å². The number of nitrogens with one attached hydrogen (secondary N) is 2. The van der Waals surface area contributed by atoms with Crippen LogP contribution in [0.15, 0.2) is 60.7 Å². The molecule has 0 aliphatic carbocycles. The lowest BCUT2D eigenvalue weighted by atomic mass is 10.00.